The number of carbonyl (C=O) groups is 5. The van der Waals surface area contributed by atoms with Crippen molar-refractivity contribution in [1.82, 2.24) is 16.0 Å². The van der Waals surface area contributed by atoms with Crippen LogP contribution in [0.3, 0.4) is 0 Å². The van der Waals surface area contributed by atoms with Crippen molar-refractivity contribution in [3.8, 4) is 0 Å². The molecule has 0 aliphatic carbocycles. The van der Waals surface area contributed by atoms with Crippen LogP contribution in [0.1, 0.15) is 12.8 Å². The molecule has 130 valence electrons. The fourth-order valence-electron chi connectivity index (χ4n) is 1.53. The number of amides is 2. The zero-order chi connectivity index (χ0) is 17.8. The van der Waals surface area contributed by atoms with E-state index in [4.69, 9.17) is 10.2 Å². The Morgan fingerprint density at radius 3 is 2.26 bits per heavy atom. The third kappa shape index (κ3) is 9.47. The molecule has 0 spiro atoms. The predicted octanol–water partition coefficient (Wildman–Crippen LogP) is -2.38. The van der Waals surface area contributed by atoms with Crippen LogP contribution >= 0.6 is 12.6 Å². The molecule has 0 radical (unpaired) electrons. The van der Waals surface area contributed by atoms with Crippen molar-refractivity contribution >= 4 is 42.7 Å². The first-order valence-electron chi connectivity index (χ1n) is 6.61. The Labute approximate surface area is 137 Å². The SMILES string of the molecule is O=CCN[C@@H](CCC(=O)N[C@@H](CS)C(=O)NCC(=O)O)C(=O)O. The Kier molecular flexibility index (Phi) is 10.4. The van der Waals surface area contributed by atoms with E-state index in [1.165, 1.54) is 0 Å². The van der Waals surface area contributed by atoms with Crippen molar-refractivity contribution < 1.29 is 34.2 Å². The van der Waals surface area contributed by atoms with E-state index in [0.29, 0.717) is 6.29 Å². The topological polar surface area (TPSA) is 162 Å². The van der Waals surface area contributed by atoms with Gasteiger partial charge in [0.05, 0.1) is 6.54 Å². The first-order chi connectivity index (χ1) is 10.8. The normalized spacial score (nSPS) is 12.7. The Hall–Kier alpha value is -2.14. The second-order valence-electron chi connectivity index (χ2n) is 4.42. The molecule has 0 aliphatic heterocycles. The lowest BCUT2D eigenvalue weighted by molar-refractivity contribution is -0.140. The zero-order valence-corrected chi connectivity index (χ0v) is 13.0. The Balaban J connectivity index is 4.37. The number of aldehydes is 1. The summed E-state index contributed by atoms with van der Waals surface area (Å²) < 4.78 is 0. The largest absolute Gasteiger partial charge is 0.480 e. The van der Waals surface area contributed by atoms with E-state index in [0.717, 1.165) is 0 Å². The average molecular weight is 349 g/mol. The van der Waals surface area contributed by atoms with E-state index in [2.05, 4.69) is 28.6 Å². The van der Waals surface area contributed by atoms with Gasteiger partial charge >= 0.3 is 11.9 Å². The fourth-order valence-corrected chi connectivity index (χ4v) is 1.78. The molecule has 23 heavy (non-hydrogen) atoms. The zero-order valence-electron chi connectivity index (χ0n) is 12.2. The number of nitrogens with one attached hydrogen (secondary N) is 3. The van der Waals surface area contributed by atoms with Gasteiger partial charge in [0.1, 0.15) is 24.9 Å². The number of hydrogen-bond donors (Lipinski definition) is 6. The lowest BCUT2D eigenvalue weighted by Crippen LogP contribution is -2.49. The summed E-state index contributed by atoms with van der Waals surface area (Å²) in [5.41, 5.74) is 0. The van der Waals surface area contributed by atoms with E-state index in [9.17, 15) is 24.0 Å². The van der Waals surface area contributed by atoms with E-state index in [1.54, 1.807) is 0 Å². The van der Waals surface area contributed by atoms with Crippen LogP contribution < -0.4 is 16.0 Å². The molecule has 5 N–H and O–H groups in total. The minimum Gasteiger partial charge on any atom is -0.480 e. The number of hydrogen-bond acceptors (Lipinski definition) is 7. The minimum absolute atomic E-state index is 0.0526. The van der Waals surface area contributed by atoms with Gasteiger partial charge in [0.25, 0.3) is 0 Å². The molecule has 0 bridgehead atoms. The lowest BCUT2D eigenvalue weighted by atomic mass is 10.1. The summed E-state index contributed by atoms with van der Waals surface area (Å²) >= 11 is 3.89. The summed E-state index contributed by atoms with van der Waals surface area (Å²) in [6, 6.07) is -2.10. The van der Waals surface area contributed by atoms with Crippen LogP contribution in [0, 0.1) is 0 Å². The molecule has 2 amide bonds. The van der Waals surface area contributed by atoms with Gasteiger partial charge in [0.2, 0.25) is 11.8 Å². The molecule has 0 aromatic heterocycles. The molecule has 10 nitrogen and oxygen atoms in total. The van der Waals surface area contributed by atoms with Crippen LogP contribution in [0.25, 0.3) is 0 Å². The first kappa shape index (κ1) is 20.9. The number of carboxylic acid groups (broad SMARTS) is 2. The number of aliphatic carboxylic acids is 2. The first-order valence-corrected chi connectivity index (χ1v) is 7.24. The standard InChI is InChI=1S/C12H19N3O7S/c16-4-3-13-7(12(21)22)1-2-9(17)15-8(6-23)11(20)14-5-10(18)19/h4,7-8,13,23H,1-3,5-6H2,(H,14,20)(H,15,17)(H,18,19)(H,21,22)/t7-,8-/m0/s1. The van der Waals surface area contributed by atoms with E-state index in [1.807, 2.05) is 0 Å². The highest BCUT2D eigenvalue weighted by atomic mass is 32.1. The number of thiol groups is 1. The van der Waals surface area contributed by atoms with Crippen molar-refractivity contribution in [3.63, 3.8) is 0 Å². The maximum absolute atomic E-state index is 11.7. The predicted molar refractivity (Wildman–Crippen MR) is 81.2 cm³/mol. The van der Waals surface area contributed by atoms with Crippen LogP contribution in [-0.4, -0.2) is 71.2 Å². The fraction of sp³-hybridized carbons (Fsp3) is 0.583. The molecule has 0 heterocycles. The third-order valence-electron chi connectivity index (χ3n) is 2.65. The van der Waals surface area contributed by atoms with Crippen LogP contribution in [0.4, 0.5) is 0 Å². The summed E-state index contributed by atoms with van der Waals surface area (Å²) in [7, 11) is 0. The highest BCUT2D eigenvalue weighted by Crippen LogP contribution is 1.99. The van der Waals surface area contributed by atoms with E-state index in [-0.39, 0.29) is 25.1 Å². The molecule has 0 unspecified atom stereocenters. The van der Waals surface area contributed by atoms with Gasteiger partial charge in [0, 0.05) is 12.2 Å². The Morgan fingerprint density at radius 1 is 1.13 bits per heavy atom. The summed E-state index contributed by atoms with van der Waals surface area (Å²) in [4.78, 5) is 54.8. The van der Waals surface area contributed by atoms with Gasteiger partial charge in [-0.3, -0.25) is 24.5 Å². The Morgan fingerprint density at radius 2 is 1.78 bits per heavy atom. The van der Waals surface area contributed by atoms with Crippen molar-refractivity contribution in [1.29, 1.82) is 0 Å². The second-order valence-corrected chi connectivity index (χ2v) is 4.78. The molecule has 0 rings (SSSR count). The van der Waals surface area contributed by atoms with Crippen molar-refractivity contribution in [2.75, 3.05) is 18.8 Å². The summed E-state index contributed by atoms with van der Waals surface area (Å²) in [5.74, 6) is -3.78. The quantitative estimate of drug-likeness (QED) is 0.168. The molecule has 0 fully saturated rings. The molecule has 11 heteroatoms. The van der Waals surface area contributed by atoms with Crippen LogP contribution in [0.2, 0.25) is 0 Å². The average Bonchev–Trinajstić information content (AvgIpc) is 2.49. The number of rotatable bonds is 12. The maximum atomic E-state index is 11.7. The van der Waals surface area contributed by atoms with Crippen LogP contribution in [0.15, 0.2) is 0 Å². The van der Waals surface area contributed by atoms with Crippen molar-refractivity contribution in [2.24, 2.45) is 0 Å². The van der Waals surface area contributed by atoms with Gasteiger partial charge in [-0.15, -0.1) is 0 Å². The summed E-state index contributed by atoms with van der Waals surface area (Å²) in [6.45, 7) is -0.745. The van der Waals surface area contributed by atoms with E-state index < -0.39 is 42.4 Å². The Bertz CT molecular complexity index is 458. The molecule has 0 aromatic carbocycles. The summed E-state index contributed by atoms with van der Waals surface area (Å²) in [6.07, 6.45) is 0.226. The molecule has 0 aliphatic rings. The highest BCUT2D eigenvalue weighted by molar-refractivity contribution is 7.80. The van der Waals surface area contributed by atoms with Gasteiger partial charge in [-0.1, -0.05) is 0 Å². The smallest absolute Gasteiger partial charge is 0.322 e. The van der Waals surface area contributed by atoms with Crippen molar-refractivity contribution in [2.45, 2.75) is 24.9 Å². The third-order valence-corrected chi connectivity index (χ3v) is 3.02. The van der Waals surface area contributed by atoms with Gasteiger partial charge < -0.3 is 25.6 Å². The van der Waals surface area contributed by atoms with Gasteiger partial charge in [-0.25, -0.2) is 0 Å². The summed E-state index contributed by atoms with van der Waals surface area (Å²) in [5, 5.41) is 24.2. The molecule has 0 saturated heterocycles. The molecule has 0 aromatic rings. The molecular formula is C12H19N3O7S. The van der Waals surface area contributed by atoms with Crippen LogP contribution in [0.5, 0.6) is 0 Å². The molecular weight excluding hydrogens is 330 g/mol. The minimum atomic E-state index is -1.23. The second kappa shape index (κ2) is 11.4. The monoisotopic (exact) mass is 349 g/mol. The van der Waals surface area contributed by atoms with Gasteiger partial charge in [0.15, 0.2) is 0 Å². The van der Waals surface area contributed by atoms with Gasteiger partial charge in [-0.05, 0) is 6.42 Å². The molecule has 0 saturated carbocycles. The molecule has 2 atom stereocenters. The van der Waals surface area contributed by atoms with Crippen molar-refractivity contribution in [3.05, 3.63) is 0 Å². The number of carboxylic acids is 2. The highest BCUT2D eigenvalue weighted by Gasteiger charge is 2.22. The maximum Gasteiger partial charge on any atom is 0.322 e. The van der Waals surface area contributed by atoms with Crippen LogP contribution in [-0.2, 0) is 24.0 Å². The lowest BCUT2D eigenvalue weighted by Gasteiger charge is -2.17. The van der Waals surface area contributed by atoms with Gasteiger partial charge in [-0.2, -0.15) is 12.6 Å². The number of carbonyl (C=O) groups excluding carboxylic acids is 3. The van der Waals surface area contributed by atoms with E-state index >= 15 is 0 Å².